The lowest BCUT2D eigenvalue weighted by Gasteiger charge is -2.12. The minimum Gasteiger partial charge on any atom is -0.487 e. The molecule has 0 radical (unpaired) electrons. The summed E-state index contributed by atoms with van der Waals surface area (Å²) in [5, 5.41) is 1.99. The van der Waals surface area contributed by atoms with E-state index in [4.69, 9.17) is 10.5 Å². The topological polar surface area (TPSA) is 48.1 Å². The van der Waals surface area contributed by atoms with Crippen LogP contribution in [0.2, 0.25) is 0 Å². The van der Waals surface area contributed by atoms with Crippen molar-refractivity contribution in [3.63, 3.8) is 0 Å². The number of benzene rings is 1. The molecule has 2 rings (SSSR count). The van der Waals surface area contributed by atoms with Gasteiger partial charge in [-0.15, -0.1) is 11.3 Å². The van der Waals surface area contributed by atoms with Gasteiger partial charge in [-0.05, 0) is 12.5 Å². The summed E-state index contributed by atoms with van der Waals surface area (Å²) >= 11 is 1.57. The molecule has 16 heavy (non-hydrogen) atoms. The zero-order chi connectivity index (χ0) is 11.4. The largest absolute Gasteiger partial charge is 0.487 e. The second kappa shape index (κ2) is 5.09. The fourth-order valence-electron chi connectivity index (χ4n) is 1.54. The van der Waals surface area contributed by atoms with Gasteiger partial charge in [0.25, 0.3) is 0 Å². The molecule has 4 heteroatoms. The molecule has 0 atom stereocenters. The molecule has 0 unspecified atom stereocenters. The van der Waals surface area contributed by atoms with Crippen LogP contribution in [0.5, 0.6) is 5.75 Å². The van der Waals surface area contributed by atoms with E-state index in [1.165, 1.54) is 0 Å². The summed E-state index contributed by atoms with van der Waals surface area (Å²) < 4.78 is 5.77. The molecule has 0 saturated carbocycles. The van der Waals surface area contributed by atoms with Crippen LogP contribution in [-0.4, -0.2) is 4.98 Å². The Kier molecular flexibility index (Phi) is 3.54. The number of para-hydroxylation sites is 1. The molecule has 1 heterocycles. The molecule has 2 N–H and O–H groups in total. The minimum absolute atomic E-state index is 0.494. The van der Waals surface area contributed by atoms with Gasteiger partial charge in [0, 0.05) is 17.5 Å². The molecule has 0 amide bonds. The first-order valence-corrected chi connectivity index (χ1v) is 6.04. The maximum absolute atomic E-state index is 5.77. The SMILES string of the molecule is Cc1cccc(CN)c1OCc1cscn1. The van der Waals surface area contributed by atoms with Gasteiger partial charge in [-0.2, -0.15) is 0 Å². The molecule has 1 aromatic carbocycles. The van der Waals surface area contributed by atoms with E-state index in [-0.39, 0.29) is 0 Å². The summed E-state index contributed by atoms with van der Waals surface area (Å²) in [5.41, 5.74) is 10.6. The number of hydrogen-bond donors (Lipinski definition) is 1. The molecular formula is C12H14N2OS. The van der Waals surface area contributed by atoms with E-state index in [1.54, 1.807) is 16.8 Å². The maximum atomic E-state index is 5.77. The summed E-state index contributed by atoms with van der Waals surface area (Å²) in [4.78, 5) is 4.18. The zero-order valence-electron chi connectivity index (χ0n) is 9.14. The molecular weight excluding hydrogens is 220 g/mol. The van der Waals surface area contributed by atoms with Crippen molar-refractivity contribution in [3.05, 3.63) is 45.9 Å². The van der Waals surface area contributed by atoms with E-state index in [0.717, 1.165) is 22.6 Å². The molecule has 0 fully saturated rings. The third-order valence-corrected chi connectivity index (χ3v) is 3.00. The molecule has 84 valence electrons. The Morgan fingerprint density at radius 2 is 2.31 bits per heavy atom. The van der Waals surface area contributed by atoms with Crippen LogP contribution >= 0.6 is 11.3 Å². The highest BCUT2D eigenvalue weighted by Crippen LogP contribution is 2.23. The Hall–Kier alpha value is -1.39. The quantitative estimate of drug-likeness (QED) is 0.884. The second-order valence-electron chi connectivity index (χ2n) is 3.54. The van der Waals surface area contributed by atoms with Crippen molar-refractivity contribution in [2.45, 2.75) is 20.1 Å². The van der Waals surface area contributed by atoms with Gasteiger partial charge in [-0.25, -0.2) is 4.98 Å². The smallest absolute Gasteiger partial charge is 0.131 e. The average molecular weight is 234 g/mol. The number of aromatic nitrogens is 1. The van der Waals surface area contributed by atoms with Crippen molar-refractivity contribution in [1.29, 1.82) is 0 Å². The Morgan fingerprint density at radius 3 is 3.00 bits per heavy atom. The first-order valence-electron chi connectivity index (χ1n) is 5.09. The van der Waals surface area contributed by atoms with Crippen LogP contribution in [0.3, 0.4) is 0 Å². The van der Waals surface area contributed by atoms with E-state index in [9.17, 15) is 0 Å². The van der Waals surface area contributed by atoms with Crippen molar-refractivity contribution in [2.75, 3.05) is 0 Å². The predicted molar refractivity (Wildman–Crippen MR) is 65.5 cm³/mol. The standard InChI is InChI=1S/C12H14N2OS/c1-9-3-2-4-10(5-13)12(9)15-6-11-7-16-8-14-11/h2-4,7-8H,5-6,13H2,1H3. The number of nitrogens with two attached hydrogens (primary N) is 1. The van der Waals surface area contributed by atoms with Crippen LogP contribution in [-0.2, 0) is 13.2 Å². The average Bonchev–Trinajstić information content (AvgIpc) is 2.80. The highest BCUT2D eigenvalue weighted by molar-refractivity contribution is 7.07. The second-order valence-corrected chi connectivity index (χ2v) is 4.25. The molecule has 0 aliphatic carbocycles. The van der Waals surface area contributed by atoms with Crippen LogP contribution in [0, 0.1) is 6.92 Å². The van der Waals surface area contributed by atoms with Gasteiger partial charge in [-0.3, -0.25) is 0 Å². The van der Waals surface area contributed by atoms with Gasteiger partial charge in [-0.1, -0.05) is 18.2 Å². The molecule has 0 aliphatic heterocycles. The van der Waals surface area contributed by atoms with Crippen LogP contribution < -0.4 is 10.5 Å². The van der Waals surface area contributed by atoms with E-state index < -0.39 is 0 Å². The van der Waals surface area contributed by atoms with Crippen molar-refractivity contribution >= 4 is 11.3 Å². The first kappa shape index (κ1) is 11.1. The molecule has 0 aliphatic rings. The normalized spacial score (nSPS) is 10.4. The third kappa shape index (κ3) is 2.40. The summed E-state index contributed by atoms with van der Waals surface area (Å²) in [6.07, 6.45) is 0. The molecule has 0 spiro atoms. The minimum atomic E-state index is 0.494. The lowest BCUT2D eigenvalue weighted by Crippen LogP contribution is -2.04. The molecule has 0 saturated heterocycles. The fraction of sp³-hybridized carbons (Fsp3) is 0.250. The maximum Gasteiger partial charge on any atom is 0.131 e. The number of ether oxygens (including phenoxy) is 1. The van der Waals surface area contributed by atoms with Crippen molar-refractivity contribution < 1.29 is 4.74 Å². The molecule has 1 aromatic heterocycles. The highest BCUT2D eigenvalue weighted by atomic mass is 32.1. The van der Waals surface area contributed by atoms with Gasteiger partial charge < -0.3 is 10.5 Å². The Bertz CT molecular complexity index is 454. The Balaban J connectivity index is 2.14. The third-order valence-electron chi connectivity index (χ3n) is 2.36. The summed E-state index contributed by atoms with van der Waals surface area (Å²) in [6, 6.07) is 6.01. The number of thiazole rings is 1. The van der Waals surface area contributed by atoms with Gasteiger partial charge in [0.15, 0.2) is 0 Å². The Labute approximate surface area is 98.9 Å². The molecule has 2 aromatic rings. The van der Waals surface area contributed by atoms with Gasteiger partial charge in [0.05, 0.1) is 11.2 Å². The van der Waals surface area contributed by atoms with Crippen LogP contribution in [0.15, 0.2) is 29.1 Å². The van der Waals surface area contributed by atoms with E-state index in [2.05, 4.69) is 4.98 Å². The number of nitrogens with zero attached hydrogens (tertiary/aromatic N) is 1. The summed E-state index contributed by atoms with van der Waals surface area (Å²) in [7, 11) is 0. The summed E-state index contributed by atoms with van der Waals surface area (Å²) in [5.74, 6) is 0.887. The van der Waals surface area contributed by atoms with Gasteiger partial charge in [0.2, 0.25) is 0 Å². The lowest BCUT2D eigenvalue weighted by molar-refractivity contribution is 0.297. The van der Waals surface area contributed by atoms with E-state index in [0.29, 0.717) is 13.2 Å². The number of rotatable bonds is 4. The van der Waals surface area contributed by atoms with Crippen molar-refractivity contribution in [2.24, 2.45) is 5.73 Å². The molecule has 3 nitrogen and oxygen atoms in total. The van der Waals surface area contributed by atoms with E-state index in [1.807, 2.05) is 30.5 Å². The van der Waals surface area contributed by atoms with Gasteiger partial charge >= 0.3 is 0 Å². The number of hydrogen-bond acceptors (Lipinski definition) is 4. The van der Waals surface area contributed by atoms with E-state index >= 15 is 0 Å². The fourth-order valence-corrected chi connectivity index (χ4v) is 2.08. The van der Waals surface area contributed by atoms with Crippen LogP contribution in [0.1, 0.15) is 16.8 Å². The first-order chi connectivity index (χ1) is 7.81. The zero-order valence-corrected chi connectivity index (χ0v) is 9.96. The lowest BCUT2D eigenvalue weighted by atomic mass is 10.1. The van der Waals surface area contributed by atoms with Gasteiger partial charge in [0.1, 0.15) is 12.4 Å². The van der Waals surface area contributed by atoms with Crippen LogP contribution in [0.4, 0.5) is 0 Å². The Morgan fingerprint density at radius 1 is 1.44 bits per heavy atom. The highest BCUT2D eigenvalue weighted by Gasteiger charge is 2.06. The molecule has 0 bridgehead atoms. The monoisotopic (exact) mass is 234 g/mol. The summed E-state index contributed by atoms with van der Waals surface area (Å²) in [6.45, 7) is 3.02. The van der Waals surface area contributed by atoms with Crippen molar-refractivity contribution in [1.82, 2.24) is 4.98 Å². The number of aryl methyl sites for hydroxylation is 1. The predicted octanol–water partition coefficient (Wildman–Crippen LogP) is 2.49. The van der Waals surface area contributed by atoms with Crippen LogP contribution in [0.25, 0.3) is 0 Å². The van der Waals surface area contributed by atoms with Crippen molar-refractivity contribution in [3.8, 4) is 5.75 Å².